The van der Waals surface area contributed by atoms with Crippen LogP contribution in [0, 0.1) is 11.8 Å². The lowest BCUT2D eigenvalue weighted by Crippen LogP contribution is -2.58. The Morgan fingerprint density at radius 2 is 1.59 bits per heavy atom. The molecule has 4 fully saturated rings. The van der Waals surface area contributed by atoms with Crippen LogP contribution in [0.3, 0.4) is 0 Å². The van der Waals surface area contributed by atoms with Crippen LogP contribution in [0.5, 0.6) is 0 Å². The number of aromatic nitrogens is 2. The van der Waals surface area contributed by atoms with E-state index in [1.54, 1.807) is 6.92 Å². The van der Waals surface area contributed by atoms with Gasteiger partial charge >= 0.3 is 5.97 Å². The van der Waals surface area contributed by atoms with Gasteiger partial charge in [-0.3, -0.25) is 9.69 Å². The number of hydrogen-bond acceptors (Lipinski definition) is 5. The molecule has 182 valence electrons. The minimum Gasteiger partial charge on any atom is -0.461 e. The Morgan fingerprint density at radius 1 is 0.912 bits per heavy atom. The number of piperidine rings is 2. The molecule has 2 saturated carbocycles. The van der Waals surface area contributed by atoms with Crippen molar-refractivity contribution in [3.63, 3.8) is 0 Å². The van der Waals surface area contributed by atoms with Gasteiger partial charge in [0.15, 0.2) is 0 Å². The highest BCUT2D eigenvalue weighted by Crippen LogP contribution is 2.47. The van der Waals surface area contributed by atoms with Gasteiger partial charge in [0.25, 0.3) is 5.56 Å². The fourth-order valence-electron chi connectivity index (χ4n) is 7.98. The molecule has 3 unspecified atom stereocenters. The number of rotatable bonds is 4. The van der Waals surface area contributed by atoms with Crippen LogP contribution < -0.4 is 5.56 Å². The molecular weight excluding hydrogens is 426 g/mol. The van der Waals surface area contributed by atoms with E-state index in [-0.39, 0.29) is 23.9 Å². The molecule has 0 N–H and O–H groups in total. The number of carbonyl (C=O) groups excluding carboxylic acids is 1. The van der Waals surface area contributed by atoms with Gasteiger partial charge in [0, 0.05) is 24.2 Å². The lowest BCUT2D eigenvalue weighted by Gasteiger charge is -2.55. The molecule has 6 heteroatoms. The van der Waals surface area contributed by atoms with E-state index in [2.05, 4.69) is 9.88 Å². The molecule has 4 aliphatic rings. The first-order valence-corrected chi connectivity index (χ1v) is 13.6. The Morgan fingerprint density at radius 3 is 2.29 bits per heavy atom. The summed E-state index contributed by atoms with van der Waals surface area (Å²) >= 11 is 0. The highest BCUT2D eigenvalue weighted by Gasteiger charge is 2.45. The second-order valence-electron chi connectivity index (χ2n) is 11.2. The SMILES string of the molecule is CCOC(=O)c1nc2ccccc2n(C2C[C@H]3CCC[C@@H](C2)N3C2CC3CCCC(C3)C2)c1=O. The Balaban J connectivity index is 1.34. The summed E-state index contributed by atoms with van der Waals surface area (Å²) in [4.78, 5) is 33.5. The van der Waals surface area contributed by atoms with E-state index in [0.29, 0.717) is 17.6 Å². The summed E-state index contributed by atoms with van der Waals surface area (Å²) in [7, 11) is 0. The van der Waals surface area contributed by atoms with Crippen LogP contribution >= 0.6 is 0 Å². The third-order valence-electron chi connectivity index (χ3n) is 9.16. The second kappa shape index (κ2) is 9.10. The molecule has 2 saturated heterocycles. The topological polar surface area (TPSA) is 64.4 Å². The molecule has 6 nitrogen and oxygen atoms in total. The van der Waals surface area contributed by atoms with E-state index in [1.165, 1.54) is 57.8 Å². The maximum Gasteiger partial charge on any atom is 0.362 e. The average molecular weight is 464 g/mol. The highest BCUT2D eigenvalue weighted by molar-refractivity contribution is 5.89. The van der Waals surface area contributed by atoms with Crippen molar-refractivity contribution in [2.45, 2.75) is 102 Å². The molecule has 0 amide bonds. The third kappa shape index (κ3) is 3.88. The van der Waals surface area contributed by atoms with E-state index < -0.39 is 5.97 Å². The third-order valence-corrected chi connectivity index (χ3v) is 9.16. The summed E-state index contributed by atoms with van der Waals surface area (Å²) in [6.45, 7) is 1.99. The van der Waals surface area contributed by atoms with E-state index in [1.807, 2.05) is 28.8 Å². The van der Waals surface area contributed by atoms with Gasteiger partial charge in [-0.25, -0.2) is 9.78 Å². The van der Waals surface area contributed by atoms with Crippen LogP contribution in [0.25, 0.3) is 11.0 Å². The predicted molar refractivity (Wildman–Crippen MR) is 132 cm³/mol. The number of hydrogen-bond donors (Lipinski definition) is 0. The first kappa shape index (κ1) is 22.3. The van der Waals surface area contributed by atoms with Gasteiger partial charge in [0.1, 0.15) is 0 Å². The molecule has 4 bridgehead atoms. The maximum atomic E-state index is 13.6. The maximum absolute atomic E-state index is 13.6. The van der Waals surface area contributed by atoms with Gasteiger partial charge in [-0.05, 0) is 75.8 Å². The number of nitrogens with zero attached hydrogens (tertiary/aromatic N) is 3. The quantitative estimate of drug-likeness (QED) is 0.590. The van der Waals surface area contributed by atoms with Gasteiger partial charge in [0.2, 0.25) is 5.69 Å². The van der Waals surface area contributed by atoms with Crippen molar-refractivity contribution in [1.82, 2.24) is 14.5 Å². The van der Waals surface area contributed by atoms with Crippen molar-refractivity contribution >= 4 is 17.0 Å². The lowest BCUT2D eigenvalue weighted by atomic mass is 9.68. The zero-order valence-electron chi connectivity index (χ0n) is 20.3. The van der Waals surface area contributed by atoms with E-state index in [4.69, 9.17) is 4.74 Å². The smallest absolute Gasteiger partial charge is 0.362 e. The van der Waals surface area contributed by atoms with Crippen molar-refractivity contribution < 1.29 is 9.53 Å². The fourth-order valence-corrected chi connectivity index (χ4v) is 7.98. The molecule has 5 atom stereocenters. The van der Waals surface area contributed by atoms with Crippen molar-refractivity contribution in [2.24, 2.45) is 11.8 Å². The molecule has 1 aromatic carbocycles. The van der Waals surface area contributed by atoms with Crippen molar-refractivity contribution in [2.75, 3.05) is 6.61 Å². The number of benzene rings is 1. The van der Waals surface area contributed by atoms with Crippen molar-refractivity contribution in [3.8, 4) is 0 Å². The number of ether oxygens (including phenoxy) is 1. The molecule has 1 aromatic heterocycles. The molecular formula is C28H37N3O3. The Kier molecular flexibility index (Phi) is 5.96. The molecule has 0 spiro atoms. The molecule has 6 rings (SSSR count). The van der Waals surface area contributed by atoms with Gasteiger partial charge in [0.05, 0.1) is 17.6 Å². The highest BCUT2D eigenvalue weighted by atomic mass is 16.5. The first-order valence-electron chi connectivity index (χ1n) is 13.6. The second-order valence-corrected chi connectivity index (χ2v) is 11.2. The number of fused-ring (bicyclic) bond motifs is 5. The van der Waals surface area contributed by atoms with Crippen LogP contribution in [0.1, 0.15) is 94.1 Å². The first-order chi connectivity index (χ1) is 16.6. The standard InChI is InChI=1S/C28H37N3O3/c1-2-34-28(33)26-27(32)31(25-12-4-3-11-24(25)29-26)23-16-20-9-6-10-21(17-23)30(20)22-14-18-7-5-8-19(13-18)15-22/h3-4,11-12,18-23H,2,5-10,13-17H2,1H3/t18?,19?,20-,21+,22?,23?. The van der Waals surface area contributed by atoms with Crippen molar-refractivity contribution in [3.05, 3.63) is 40.3 Å². The number of para-hydroxylation sites is 2. The summed E-state index contributed by atoms with van der Waals surface area (Å²) in [5.74, 6) is 1.24. The molecule has 34 heavy (non-hydrogen) atoms. The normalized spacial score (nSPS) is 33.6. The van der Waals surface area contributed by atoms with Gasteiger partial charge in [-0.2, -0.15) is 0 Å². The van der Waals surface area contributed by atoms with Crippen LogP contribution in [0.15, 0.2) is 29.1 Å². The Bertz CT molecular complexity index is 1100. The zero-order valence-corrected chi connectivity index (χ0v) is 20.3. The van der Waals surface area contributed by atoms with Gasteiger partial charge in [-0.15, -0.1) is 0 Å². The van der Waals surface area contributed by atoms with Gasteiger partial charge < -0.3 is 9.30 Å². The monoisotopic (exact) mass is 463 g/mol. The number of esters is 1. The molecule has 2 aliphatic carbocycles. The minimum absolute atomic E-state index is 0.0757. The van der Waals surface area contributed by atoms with Crippen LogP contribution in [0.4, 0.5) is 0 Å². The Labute approximate surface area is 201 Å². The van der Waals surface area contributed by atoms with E-state index in [0.717, 1.165) is 36.2 Å². The summed E-state index contributed by atoms with van der Waals surface area (Å²) in [5, 5.41) is 0. The molecule has 0 radical (unpaired) electrons. The van der Waals surface area contributed by atoms with E-state index >= 15 is 0 Å². The average Bonchev–Trinajstić information content (AvgIpc) is 2.82. The van der Waals surface area contributed by atoms with E-state index in [9.17, 15) is 9.59 Å². The van der Waals surface area contributed by atoms with Gasteiger partial charge in [-0.1, -0.05) is 37.8 Å². The minimum atomic E-state index is -0.613. The largest absolute Gasteiger partial charge is 0.461 e. The fraction of sp³-hybridized carbons (Fsp3) is 0.679. The van der Waals surface area contributed by atoms with Crippen LogP contribution in [0.2, 0.25) is 0 Å². The Hall–Kier alpha value is -2.21. The molecule has 2 aromatic rings. The van der Waals surface area contributed by atoms with Crippen LogP contribution in [-0.4, -0.2) is 45.2 Å². The summed E-state index contributed by atoms with van der Waals surface area (Å²) < 4.78 is 7.08. The zero-order chi connectivity index (χ0) is 23.2. The number of carbonyl (C=O) groups is 1. The molecule has 2 aliphatic heterocycles. The summed E-state index contributed by atoms with van der Waals surface area (Å²) in [6.07, 6.45) is 14.2. The summed E-state index contributed by atoms with van der Waals surface area (Å²) in [5.41, 5.74) is 1.16. The molecule has 3 heterocycles. The van der Waals surface area contributed by atoms with Crippen LogP contribution in [-0.2, 0) is 4.74 Å². The predicted octanol–water partition coefficient (Wildman–Crippen LogP) is 5.10. The summed E-state index contributed by atoms with van der Waals surface area (Å²) in [6, 6.07) is 9.63. The van der Waals surface area contributed by atoms with Crippen molar-refractivity contribution in [1.29, 1.82) is 0 Å². The lowest BCUT2D eigenvalue weighted by molar-refractivity contribution is -0.0486.